The minimum atomic E-state index is -0.188. The van der Waals surface area contributed by atoms with Gasteiger partial charge in [0.25, 0.3) is 11.8 Å². The van der Waals surface area contributed by atoms with E-state index in [0.29, 0.717) is 17.7 Å². The van der Waals surface area contributed by atoms with Crippen molar-refractivity contribution in [1.29, 1.82) is 0 Å². The molecule has 0 aliphatic carbocycles. The van der Waals surface area contributed by atoms with Crippen LogP contribution in [0.15, 0.2) is 53.7 Å². The molecule has 0 spiro atoms. The number of H-pyrrole nitrogens is 1. The Hall–Kier alpha value is -3.13. The molecule has 3 heterocycles. The van der Waals surface area contributed by atoms with Gasteiger partial charge in [-0.2, -0.15) is 0 Å². The summed E-state index contributed by atoms with van der Waals surface area (Å²) < 4.78 is 2.02. The number of amides is 2. The first-order valence-electron chi connectivity index (χ1n) is 9.13. The van der Waals surface area contributed by atoms with Crippen LogP contribution in [0.25, 0.3) is 16.8 Å². The first-order chi connectivity index (χ1) is 13.7. The largest absolute Gasteiger partial charge is 0.274 e. The summed E-state index contributed by atoms with van der Waals surface area (Å²) in [6.45, 7) is 0.441. The summed E-state index contributed by atoms with van der Waals surface area (Å²) >= 11 is 1.64. The highest BCUT2D eigenvalue weighted by molar-refractivity contribution is 7.99. The number of imide groups is 1. The Morgan fingerprint density at radius 2 is 1.64 bits per heavy atom. The van der Waals surface area contributed by atoms with Crippen LogP contribution in [0.5, 0.6) is 0 Å². The molecule has 140 valence electrons. The Morgan fingerprint density at radius 1 is 0.929 bits per heavy atom. The summed E-state index contributed by atoms with van der Waals surface area (Å²) in [6.07, 6.45) is 1.63. The van der Waals surface area contributed by atoms with Crippen molar-refractivity contribution in [2.24, 2.45) is 0 Å². The van der Waals surface area contributed by atoms with E-state index < -0.39 is 0 Å². The molecule has 2 amide bonds. The van der Waals surface area contributed by atoms with E-state index in [0.717, 1.165) is 40.6 Å². The highest BCUT2D eigenvalue weighted by Crippen LogP contribution is 2.25. The number of nitrogens with one attached hydrogen (secondary N) is 1. The van der Waals surface area contributed by atoms with E-state index >= 15 is 0 Å². The fraction of sp³-hybridized carbons (Fsp3) is 0.200. The number of nitrogens with zero attached hydrogens (tertiary/aromatic N) is 4. The zero-order chi connectivity index (χ0) is 19.1. The summed E-state index contributed by atoms with van der Waals surface area (Å²) in [5, 5.41) is 8.19. The van der Waals surface area contributed by atoms with Gasteiger partial charge in [-0.3, -0.25) is 18.9 Å². The van der Waals surface area contributed by atoms with E-state index in [1.807, 2.05) is 28.7 Å². The highest BCUT2D eigenvalue weighted by atomic mass is 32.2. The quantitative estimate of drug-likeness (QED) is 0.309. The van der Waals surface area contributed by atoms with Gasteiger partial charge in [-0.15, -0.1) is 5.10 Å². The SMILES string of the molecule is O=C1c2ccccc2C(=O)N1CCCCSc1n[nH]c2nc3ccccc3n12. The molecule has 0 bridgehead atoms. The lowest BCUT2D eigenvalue weighted by atomic mass is 10.1. The lowest BCUT2D eigenvalue weighted by molar-refractivity contribution is 0.0652. The molecule has 0 saturated carbocycles. The maximum absolute atomic E-state index is 12.4. The van der Waals surface area contributed by atoms with Gasteiger partial charge in [0.1, 0.15) is 0 Å². The maximum atomic E-state index is 12.4. The van der Waals surface area contributed by atoms with Gasteiger partial charge >= 0.3 is 0 Å². The zero-order valence-corrected chi connectivity index (χ0v) is 15.8. The van der Waals surface area contributed by atoms with Crippen LogP contribution in [-0.4, -0.2) is 48.6 Å². The van der Waals surface area contributed by atoms with Gasteiger partial charge in [0.05, 0.1) is 22.2 Å². The van der Waals surface area contributed by atoms with E-state index in [9.17, 15) is 9.59 Å². The Kier molecular flexibility index (Phi) is 4.12. The summed E-state index contributed by atoms with van der Waals surface area (Å²) in [6, 6.07) is 15.0. The number of thioether (sulfide) groups is 1. The van der Waals surface area contributed by atoms with Crippen LogP contribution in [0.4, 0.5) is 0 Å². The Morgan fingerprint density at radius 3 is 2.43 bits per heavy atom. The predicted molar refractivity (Wildman–Crippen MR) is 107 cm³/mol. The minimum Gasteiger partial charge on any atom is -0.274 e. The standard InChI is InChI=1S/C20H17N5O2S/c26-17-13-7-1-2-8-14(13)18(27)24(17)11-5-6-12-28-20-23-22-19-21-15-9-3-4-10-16(15)25(19)20/h1-4,7-10H,5-6,11-12H2,(H,21,22). The number of fused-ring (bicyclic) bond motifs is 4. The second-order valence-corrected chi connectivity index (χ2v) is 7.69. The molecule has 0 fully saturated rings. The lowest BCUT2D eigenvalue weighted by Gasteiger charge is -2.13. The zero-order valence-electron chi connectivity index (χ0n) is 15.0. The third-order valence-electron chi connectivity index (χ3n) is 4.89. The Labute approximate surface area is 164 Å². The van der Waals surface area contributed by atoms with Crippen molar-refractivity contribution >= 4 is 40.4 Å². The van der Waals surface area contributed by atoms with Gasteiger partial charge in [0, 0.05) is 12.3 Å². The van der Waals surface area contributed by atoms with Gasteiger partial charge in [0.2, 0.25) is 5.78 Å². The van der Waals surface area contributed by atoms with Crippen molar-refractivity contribution in [2.45, 2.75) is 18.0 Å². The van der Waals surface area contributed by atoms with Gasteiger partial charge in [-0.1, -0.05) is 36.0 Å². The molecular weight excluding hydrogens is 374 g/mol. The van der Waals surface area contributed by atoms with Crippen LogP contribution in [-0.2, 0) is 0 Å². The molecule has 0 saturated heterocycles. The summed E-state index contributed by atoms with van der Waals surface area (Å²) in [5.41, 5.74) is 2.98. The normalized spacial score (nSPS) is 13.8. The highest BCUT2D eigenvalue weighted by Gasteiger charge is 2.34. The molecule has 4 aromatic rings. The molecule has 0 atom stereocenters. The molecule has 1 aliphatic rings. The lowest BCUT2D eigenvalue weighted by Crippen LogP contribution is -2.30. The van der Waals surface area contributed by atoms with Crippen LogP contribution in [0, 0.1) is 0 Å². The fourth-order valence-electron chi connectivity index (χ4n) is 3.52. The molecular formula is C20H17N5O2S. The number of benzene rings is 2. The van der Waals surface area contributed by atoms with Gasteiger partial charge in [0.15, 0.2) is 5.16 Å². The average Bonchev–Trinajstić information content (AvgIpc) is 3.35. The number of hydrogen-bond acceptors (Lipinski definition) is 5. The smallest absolute Gasteiger partial charge is 0.261 e. The molecule has 2 aromatic carbocycles. The molecule has 7 nitrogen and oxygen atoms in total. The Balaban J connectivity index is 1.19. The summed E-state index contributed by atoms with van der Waals surface area (Å²) in [5.74, 6) is 1.20. The molecule has 1 aliphatic heterocycles. The van der Waals surface area contributed by atoms with Gasteiger partial charge in [-0.05, 0) is 37.1 Å². The van der Waals surface area contributed by atoms with E-state index in [1.165, 1.54) is 4.90 Å². The number of imidazole rings is 1. The molecule has 0 radical (unpaired) electrons. The number of aromatic amines is 1. The van der Waals surface area contributed by atoms with Crippen molar-refractivity contribution in [1.82, 2.24) is 24.5 Å². The van der Waals surface area contributed by atoms with Gasteiger partial charge in [-0.25, -0.2) is 10.1 Å². The topological polar surface area (TPSA) is 83.4 Å². The number of aromatic nitrogens is 4. The fourth-order valence-corrected chi connectivity index (χ4v) is 4.47. The number of hydrogen-bond donors (Lipinski definition) is 1. The van der Waals surface area contributed by atoms with Crippen molar-refractivity contribution in [3.63, 3.8) is 0 Å². The average molecular weight is 391 g/mol. The molecule has 28 heavy (non-hydrogen) atoms. The first kappa shape index (κ1) is 17.0. The van der Waals surface area contributed by atoms with Crippen molar-refractivity contribution in [3.05, 3.63) is 59.7 Å². The van der Waals surface area contributed by atoms with E-state index in [1.54, 1.807) is 36.0 Å². The van der Waals surface area contributed by atoms with Crippen LogP contribution < -0.4 is 0 Å². The van der Waals surface area contributed by atoms with Crippen molar-refractivity contribution in [3.8, 4) is 0 Å². The summed E-state index contributed by atoms with van der Waals surface area (Å²) in [7, 11) is 0. The van der Waals surface area contributed by atoms with Gasteiger partial charge < -0.3 is 0 Å². The van der Waals surface area contributed by atoms with Crippen LogP contribution in [0.1, 0.15) is 33.6 Å². The van der Waals surface area contributed by atoms with Crippen LogP contribution in [0.3, 0.4) is 0 Å². The third-order valence-corrected chi connectivity index (χ3v) is 5.91. The molecule has 0 unspecified atom stereocenters. The molecule has 8 heteroatoms. The second-order valence-electron chi connectivity index (χ2n) is 6.63. The third kappa shape index (κ3) is 2.68. The number of rotatable bonds is 6. The molecule has 1 N–H and O–H groups in total. The van der Waals surface area contributed by atoms with Crippen molar-refractivity contribution in [2.75, 3.05) is 12.3 Å². The van der Waals surface area contributed by atoms with E-state index in [-0.39, 0.29) is 11.8 Å². The van der Waals surface area contributed by atoms with E-state index in [2.05, 4.69) is 15.2 Å². The number of para-hydroxylation sites is 2. The second kappa shape index (κ2) is 6.79. The first-order valence-corrected chi connectivity index (χ1v) is 10.1. The minimum absolute atomic E-state index is 0.188. The van der Waals surface area contributed by atoms with Crippen molar-refractivity contribution < 1.29 is 9.59 Å². The van der Waals surface area contributed by atoms with E-state index in [4.69, 9.17) is 0 Å². The number of carbonyl (C=O) groups excluding carboxylic acids is 2. The molecule has 5 rings (SSSR count). The summed E-state index contributed by atoms with van der Waals surface area (Å²) in [4.78, 5) is 30.6. The number of unbranched alkanes of at least 4 members (excludes halogenated alkanes) is 1. The monoisotopic (exact) mass is 391 g/mol. The maximum Gasteiger partial charge on any atom is 0.261 e. The van der Waals surface area contributed by atoms with Crippen LogP contribution >= 0.6 is 11.8 Å². The molecule has 2 aromatic heterocycles. The van der Waals surface area contributed by atoms with Crippen LogP contribution in [0.2, 0.25) is 0 Å². The predicted octanol–water partition coefficient (Wildman–Crippen LogP) is 3.38. The Bertz CT molecular complexity index is 1180. The number of carbonyl (C=O) groups is 2.